The van der Waals surface area contributed by atoms with Gasteiger partial charge in [0.15, 0.2) is 0 Å². The Hall–Kier alpha value is -1.09. The first-order valence-electron chi connectivity index (χ1n) is 6.31. The van der Waals surface area contributed by atoms with E-state index in [1.807, 2.05) is 0 Å². The molecular weight excluding hydrogens is 217 g/mol. The van der Waals surface area contributed by atoms with Gasteiger partial charge in [0.2, 0.25) is 0 Å². The van der Waals surface area contributed by atoms with Crippen LogP contribution in [0.3, 0.4) is 0 Å². The van der Waals surface area contributed by atoms with Gasteiger partial charge >= 0.3 is 0 Å². The Bertz CT molecular complexity index is 422. The van der Waals surface area contributed by atoms with Gasteiger partial charge in [-0.15, -0.1) is 0 Å². The third-order valence-corrected chi connectivity index (χ3v) is 4.33. The number of nitrogens with one attached hydrogen (secondary N) is 1. The first-order chi connectivity index (χ1) is 8.26. The molecule has 2 aliphatic rings. The van der Waals surface area contributed by atoms with Gasteiger partial charge in [0.25, 0.3) is 0 Å². The molecule has 1 unspecified atom stereocenters. The quantitative estimate of drug-likeness (QED) is 0.869. The normalized spacial score (nSPS) is 25.9. The lowest BCUT2D eigenvalue weighted by Gasteiger charge is -2.24. The summed E-state index contributed by atoms with van der Waals surface area (Å²) in [5.41, 5.74) is 1.26. The molecule has 1 atom stereocenters. The molecule has 3 rings (SSSR count). The van der Waals surface area contributed by atoms with Crippen molar-refractivity contribution in [3.63, 3.8) is 0 Å². The van der Waals surface area contributed by atoms with Crippen molar-refractivity contribution < 1.29 is 9.13 Å². The van der Waals surface area contributed by atoms with Gasteiger partial charge in [0.05, 0.1) is 7.11 Å². The molecule has 1 aliphatic heterocycles. The average Bonchev–Trinajstić information content (AvgIpc) is 2.96. The summed E-state index contributed by atoms with van der Waals surface area (Å²) in [6.07, 6.45) is 3.53. The lowest BCUT2D eigenvalue weighted by atomic mass is 9.81. The number of hydrogen-bond donors (Lipinski definition) is 1. The van der Waals surface area contributed by atoms with E-state index >= 15 is 0 Å². The van der Waals surface area contributed by atoms with E-state index in [1.54, 1.807) is 19.2 Å². The summed E-state index contributed by atoms with van der Waals surface area (Å²) in [6.45, 7) is 2.14. The van der Waals surface area contributed by atoms with Crippen molar-refractivity contribution in [1.29, 1.82) is 0 Å². The molecule has 2 fully saturated rings. The molecule has 0 radical (unpaired) electrons. The smallest absolute Gasteiger partial charge is 0.123 e. The molecule has 0 amide bonds. The van der Waals surface area contributed by atoms with Crippen LogP contribution in [-0.2, 0) is 5.41 Å². The highest BCUT2D eigenvalue weighted by molar-refractivity contribution is 5.44. The highest BCUT2D eigenvalue weighted by Gasteiger charge is 2.52. The Kier molecular flexibility index (Phi) is 2.58. The van der Waals surface area contributed by atoms with Crippen LogP contribution < -0.4 is 10.1 Å². The van der Waals surface area contributed by atoms with Crippen LogP contribution >= 0.6 is 0 Å². The fourth-order valence-electron chi connectivity index (χ4n) is 3.23. The lowest BCUT2D eigenvalue weighted by Crippen LogP contribution is -2.23. The van der Waals surface area contributed by atoms with Crippen LogP contribution in [0.2, 0.25) is 0 Å². The van der Waals surface area contributed by atoms with E-state index in [0.29, 0.717) is 5.92 Å². The van der Waals surface area contributed by atoms with E-state index < -0.39 is 0 Å². The minimum absolute atomic E-state index is 0.155. The minimum Gasteiger partial charge on any atom is -0.496 e. The fourth-order valence-corrected chi connectivity index (χ4v) is 3.23. The van der Waals surface area contributed by atoms with Gasteiger partial charge in [-0.05, 0) is 56.5 Å². The minimum atomic E-state index is -0.155. The summed E-state index contributed by atoms with van der Waals surface area (Å²) in [4.78, 5) is 0. The van der Waals surface area contributed by atoms with E-state index in [-0.39, 0.29) is 11.2 Å². The van der Waals surface area contributed by atoms with Crippen molar-refractivity contribution in [3.8, 4) is 5.75 Å². The Labute approximate surface area is 101 Å². The molecule has 1 heterocycles. The van der Waals surface area contributed by atoms with Crippen LogP contribution in [-0.4, -0.2) is 20.2 Å². The van der Waals surface area contributed by atoms with Crippen molar-refractivity contribution >= 4 is 0 Å². The summed E-state index contributed by atoms with van der Waals surface area (Å²) in [6, 6.07) is 4.91. The molecule has 1 aliphatic carbocycles. The van der Waals surface area contributed by atoms with Gasteiger partial charge in [-0.3, -0.25) is 0 Å². The first kappa shape index (κ1) is 11.0. The lowest BCUT2D eigenvalue weighted by molar-refractivity contribution is 0.378. The van der Waals surface area contributed by atoms with Crippen molar-refractivity contribution in [1.82, 2.24) is 5.32 Å². The number of rotatable bonds is 3. The summed E-state index contributed by atoms with van der Waals surface area (Å²) >= 11 is 0. The summed E-state index contributed by atoms with van der Waals surface area (Å²) in [7, 11) is 1.67. The Morgan fingerprint density at radius 3 is 2.82 bits per heavy atom. The van der Waals surface area contributed by atoms with Crippen LogP contribution in [0.4, 0.5) is 4.39 Å². The van der Waals surface area contributed by atoms with Gasteiger partial charge in [-0.2, -0.15) is 0 Å². The second kappa shape index (κ2) is 3.98. The zero-order chi connectivity index (χ0) is 11.9. The zero-order valence-corrected chi connectivity index (χ0v) is 10.1. The van der Waals surface area contributed by atoms with Crippen LogP contribution in [0.15, 0.2) is 18.2 Å². The maximum absolute atomic E-state index is 13.5. The SMILES string of the molecule is COc1ccc(F)cc1C1(C2CCNC2)CC1. The molecule has 3 heteroatoms. The molecule has 1 aromatic carbocycles. The second-order valence-electron chi connectivity index (χ2n) is 5.19. The highest BCUT2D eigenvalue weighted by Crippen LogP contribution is 2.57. The maximum atomic E-state index is 13.5. The Morgan fingerprint density at radius 2 is 2.24 bits per heavy atom. The second-order valence-corrected chi connectivity index (χ2v) is 5.19. The van der Waals surface area contributed by atoms with Gasteiger partial charge < -0.3 is 10.1 Å². The number of halogens is 1. The molecular formula is C14H18FNO. The largest absolute Gasteiger partial charge is 0.496 e. The van der Waals surface area contributed by atoms with E-state index in [1.165, 1.54) is 25.3 Å². The van der Waals surface area contributed by atoms with Gasteiger partial charge in [0, 0.05) is 11.0 Å². The predicted octanol–water partition coefficient (Wildman–Crippen LogP) is 2.48. The molecule has 17 heavy (non-hydrogen) atoms. The topological polar surface area (TPSA) is 21.3 Å². The Balaban J connectivity index is 1.99. The first-order valence-corrected chi connectivity index (χ1v) is 6.31. The third-order valence-electron chi connectivity index (χ3n) is 4.33. The van der Waals surface area contributed by atoms with Crippen molar-refractivity contribution in [2.24, 2.45) is 5.92 Å². The van der Waals surface area contributed by atoms with Crippen molar-refractivity contribution in [2.75, 3.05) is 20.2 Å². The number of hydrogen-bond acceptors (Lipinski definition) is 2. The van der Waals surface area contributed by atoms with E-state index in [2.05, 4.69) is 5.32 Å². The standard InChI is InChI=1S/C14H18FNO/c1-17-13-3-2-11(15)8-12(13)14(5-6-14)10-4-7-16-9-10/h2-3,8,10,16H,4-7,9H2,1H3. The molecule has 1 N–H and O–H groups in total. The summed E-state index contributed by atoms with van der Waals surface area (Å²) in [5.74, 6) is 1.33. The number of methoxy groups -OCH3 is 1. The highest BCUT2D eigenvalue weighted by atomic mass is 19.1. The van der Waals surface area contributed by atoms with Crippen LogP contribution in [0, 0.1) is 11.7 Å². The third kappa shape index (κ3) is 1.73. The molecule has 0 aromatic heterocycles. The average molecular weight is 235 g/mol. The van der Waals surface area contributed by atoms with Crippen LogP contribution in [0.1, 0.15) is 24.8 Å². The van der Waals surface area contributed by atoms with Crippen molar-refractivity contribution in [3.05, 3.63) is 29.6 Å². The van der Waals surface area contributed by atoms with Gasteiger partial charge in [-0.1, -0.05) is 0 Å². The molecule has 0 bridgehead atoms. The van der Waals surface area contributed by atoms with Crippen LogP contribution in [0.25, 0.3) is 0 Å². The molecule has 0 spiro atoms. The number of benzene rings is 1. The summed E-state index contributed by atoms with van der Waals surface area (Å²) < 4.78 is 18.9. The van der Waals surface area contributed by atoms with Gasteiger partial charge in [0.1, 0.15) is 11.6 Å². The molecule has 1 saturated carbocycles. The van der Waals surface area contributed by atoms with Gasteiger partial charge in [-0.25, -0.2) is 4.39 Å². The van der Waals surface area contributed by atoms with Crippen LogP contribution in [0.5, 0.6) is 5.75 Å². The number of ether oxygens (including phenoxy) is 1. The summed E-state index contributed by atoms with van der Waals surface area (Å²) in [5, 5.41) is 3.41. The monoisotopic (exact) mass is 235 g/mol. The predicted molar refractivity (Wildman–Crippen MR) is 64.8 cm³/mol. The maximum Gasteiger partial charge on any atom is 0.123 e. The molecule has 1 aromatic rings. The van der Waals surface area contributed by atoms with E-state index in [9.17, 15) is 4.39 Å². The van der Waals surface area contributed by atoms with E-state index in [4.69, 9.17) is 4.74 Å². The van der Waals surface area contributed by atoms with E-state index in [0.717, 1.165) is 24.4 Å². The zero-order valence-electron chi connectivity index (χ0n) is 10.1. The fraction of sp³-hybridized carbons (Fsp3) is 0.571. The molecule has 2 nitrogen and oxygen atoms in total. The molecule has 1 saturated heterocycles. The van der Waals surface area contributed by atoms with Crippen molar-refractivity contribution in [2.45, 2.75) is 24.7 Å². The molecule has 92 valence electrons. The Morgan fingerprint density at radius 1 is 1.41 bits per heavy atom.